The van der Waals surface area contributed by atoms with Crippen LogP contribution in [0.2, 0.25) is 0 Å². The van der Waals surface area contributed by atoms with Gasteiger partial charge in [-0.1, -0.05) is 6.07 Å². The third kappa shape index (κ3) is 3.98. The SMILES string of the molecule is CC(C)(C)OC(=O)Nc1cc2c(B3OC(C)(C)C(C)(C)O3)ccc(F)c2s1. The molecule has 0 radical (unpaired) electrons. The van der Waals surface area contributed by atoms with Gasteiger partial charge in [0, 0.05) is 0 Å². The molecule has 0 saturated carbocycles. The van der Waals surface area contributed by atoms with Crippen molar-refractivity contribution in [3.63, 3.8) is 0 Å². The Kier molecular flexibility index (Phi) is 4.81. The largest absolute Gasteiger partial charge is 0.495 e. The van der Waals surface area contributed by atoms with Crippen molar-refractivity contribution in [2.24, 2.45) is 0 Å². The number of fused-ring (bicyclic) bond motifs is 1. The molecule has 146 valence electrons. The first kappa shape index (κ1) is 20.1. The van der Waals surface area contributed by atoms with Gasteiger partial charge in [0.25, 0.3) is 0 Å². The lowest BCUT2D eigenvalue weighted by molar-refractivity contribution is 0.00578. The van der Waals surface area contributed by atoms with E-state index in [9.17, 15) is 9.18 Å². The van der Waals surface area contributed by atoms with Crippen LogP contribution in [0.3, 0.4) is 0 Å². The number of hydrogen-bond donors (Lipinski definition) is 1. The molecule has 27 heavy (non-hydrogen) atoms. The minimum atomic E-state index is -0.611. The van der Waals surface area contributed by atoms with Gasteiger partial charge in [0.05, 0.1) is 20.9 Å². The van der Waals surface area contributed by atoms with Gasteiger partial charge in [0.1, 0.15) is 11.4 Å². The fourth-order valence-electron chi connectivity index (χ4n) is 2.75. The zero-order valence-corrected chi connectivity index (χ0v) is 17.5. The van der Waals surface area contributed by atoms with Crippen LogP contribution >= 0.6 is 11.3 Å². The zero-order chi connectivity index (χ0) is 20.2. The summed E-state index contributed by atoms with van der Waals surface area (Å²) in [5, 5.41) is 3.83. The number of benzene rings is 1. The predicted octanol–water partition coefficient (Wildman–Crippen LogP) is 4.69. The molecule has 0 spiro atoms. The van der Waals surface area contributed by atoms with Crippen molar-refractivity contribution in [3.05, 3.63) is 24.0 Å². The maximum atomic E-state index is 14.4. The number of halogens is 1. The lowest BCUT2D eigenvalue weighted by Gasteiger charge is -2.32. The molecule has 0 unspecified atom stereocenters. The molecular weight excluding hydrogens is 368 g/mol. The van der Waals surface area contributed by atoms with Crippen LogP contribution in [0, 0.1) is 5.82 Å². The Balaban J connectivity index is 1.94. The molecular formula is C19H25BFNO4S. The Morgan fingerprint density at radius 2 is 1.78 bits per heavy atom. The number of carbonyl (C=O) groups excluding carboxylic acids is 1. The Bertz CT molecular complexity index is 872. The van der Waals surface area contributed by atoms with Crippen LogP contribution in [-0.2, 0) is 14.0 Å². The number of hydrogen-bond acceptors (Lipinski definition) is 5. The topological polar surface area (TPSA) is 56.8 Å². The maximum absolute atomic E-state index is 14.4. The van der Waals surface area contributed by atoms with Gasteiger partial charge >= 0.3 is 13.2 Å². The summed E-state index contributed by atoms with van der Waals surface area (Å²) in [7, 11) is -0.609. The number of anilines is 1. The number of ether oxygens (including phenoxy) is 1. The molecule has 2 aromatic rings. The van der Waals surface area contributed by atoms with Crippen LogP contribution in [0.15, 0.2) is 18.2 Å². The lowest BCUT2D eigenvalue weighted by Crippen LogP contribution is -2.41. The van der Waals surface area contributed by atoms with E-state index >= 15 is 0 Å². The monoisotopic (exact) mass is 393 g/mol. The second-order valence-corrected chi connectivity index (χ2v) is 9.76. The van der Waals surface area contributed by atoms with Crippen LogP contribution in [0.4, 0.5) is 14.2 Å². The first-order valence-electron chi connectivity index (χ1n) is 8.87. The molecule has 5 nitrogen and oxygen atoms in total. The molecule has 0 aliphatic carbocycles. The first-order valence-corrected chi connectivity index (χ1v) is 9.68. The van der Waals surface area contributed by atoms with Gasteiger partial charge in [0.2, 0.25) is 0 Å². The van der Waals surface area contributed by atoms with E-state index in [1.807, 2.05) is 27.7 Å². The molecule has 1 aromatic carbocycles. The number of rotatable bonds is 2. The van der Waals surface area contributed by atoms with E-state index in [1.165, 1.54) is 6.07 Å². The molecule has 0 bridgehead atoms. The highest BCUT2D eigenvalue weighted by Gasteiger charge is 2.52. The average Bonchev–Trinajstić information content (AvgIpc) is 2.96. The first-order chi connectivity index (χ1) is 12.3. The summed E-state index contributed by atoms with van der Waals surface area (Å²) in [4.78, 5) is 12.0. The van der Waals surface area contributed by atoms with Crippen molar-refractivity contribution in [1.29, 1.82) is 0 Å². The van der Waals surface area contributed by atoms with Gasteiger partial charge in [-0.05, 0) is 71.4 Å². The third-order valence-corrected chi connectivity index (χ3v) is 5.86. The molecule has 1 aliphatic rings. The van der Waals surface area contributed by atoms with Crippen LogP contribution in [0.25, 0.3) is 10.1 Å². The Labute approximate surface area is 163 Å². The second kappa shape index (κ2) is 6.46. The van der Waals surface area contributed by atoms with Crippen molar-refractivity contribution in [2.75, 3.05) is 5.32 Å². The Morgan fingerprint density at radius 1 is 1.19 bits per heavy atom. The fourth-order valence-corrected chi connectivity index (χ4v) is 3.74. The van der Waals surface area contributed by atoms with E-state index in [-0.39, 0.29) is 5.82 Å². The van der Waals surface area contributed by atoms with Crippen molar-refractivity contribution in [2.45, 2.75) is 65.3 Å². The number of carbonyl (C=O) groups is 1. The van der Waals surface area contributed by atoms with E-state index in [2.05, 4.69) is 5.32 Å². The molecule has 0 atom stereocenters. The van der Waals surface area contributed by atoms with Crippen LogP contribution < -0.4 is 10.8 Å². The van der Waals surface area contributed by atoms with Gasteiger partial charge in [0.15, 0.2) is 0 Å². The van der Waals surface area contributed by atoms with Gasteiger partial charge < -0.3 is 14.0 Å². The van der Waals surface area contributed by atoms with E-state index in [4.69, 9.17) is 14.0 Å². The second-order valence-electron chi connectivity index (χ2n) is 8.71. The fraction of sp³-hybridized carbons (Fsp3) is 0.526. The minimum Gasteiger partial charge on any atom is -0.444 e. The smallest absolute Gasteiger partial charge is 0.444 e. The summed E-state index contributed by atoms with van der Waals surface area (Å²) in [5.74, 6) is -0.354. The minimum absolute atomic E-state index is 0.354. The molecule has 3 rings (SSSR count). The van der Waals surface area contributed by atoms with Gasteiger partial charge in [-0.2, -0.15) is 0 Å². The molecule has 1 saturated heterocycles. The number of amides is 1. The highest BCUT2D eigenvalue weighted by Crippen LogP contribution is 2.38. The standard InChI is InChI=1S/C19H25BFNO4S/c1-17(2,3)24-16(23)22-14-10-11-12(8-9-13(21)15(11)27-14)20-25-18(4,5)19(6,7)26-20/h8-10H,1-7H3,(H,22,23). The van der Waals surface area contributed by atoms with Gasteiger partial charge in [-0.3, -0.25) is 5.32 Å². The van der Waals surface area contributed by atoms with Gasteiger partial charge in [-0.15, -0.1) is 11.3 Å². The summed E-state index contributed by atoms with van der Waals surface area (Å²) >= 11 is 1.15. The van der Waals surface area contributed by atoms with Crippen LogP contribution in [0.1, 0.15) is 48.5 Å². The Morgan fingerprint density at radius 3 is 2.33 bits per heavy atom. The Hall–Kier alpha value is -1.64. The third-order valence-electron chi connectivity index (χ3n) is 4.80. The molecule has 1 aromatic heterocycles. The lowest BCUT2D eigenvalue weighted by atomic mass is 9.77. The average molecular weight is 393 g/mol. The highest BCUT2D eigenvalue weighted by atomic mass is 32.1. The van der Waals surface area contributed by atoms with Crippen LogP contribution in [0.5, 0.6) is 0 Å². The highest BCUT2D eigenvalue weighted by molar-refractivity contribution is 7.23. The number of thiophene rings is 1. The molecule has 1 amide bonds. The van der Waals surface area contributed by atoms with E-state index in [0.29, 0.717) is 15.1 Å². The summed E-state index contributed by atoms with van der Waals surface area (Å²) in [6.07, 6.45) is -0.577. The summed E-state index contributed by atoms with van der Waals surface area (Å²) in [5.41, 5.74) is -0.865. The van der Waals surface area contributed by atoms with Crippen molar-refractivity contribution >= 4 is 45.1 Å². The van der Waals surface area contributed by atoms with Crippen molar-refractivity contribution < 1.29 is 23.2 Å². The summed E-state index contributed by atoms with van der Waals surface area (Å²) in [6, 6.07) is 4.80. The molecule has 1 N–H and O–H groups in total. The summed E-state index contributed by atoms with van der Waals surface area (Å²) < 4.78 is 32.3. The quantitative estimate of drug-likeness (QED) is 0.753. The summed E-state index contributed by atoms with van der Waals surface area (Å²) in [6.45, 7) is 13.2. The molecule has 8 heteroatoms. The van der Waals surface area contributed by atoms with E-state index in [0.717, 1.165) is 16.8 Å². The molecule has 1 fully saturated rings. The van der Waals surface area contributed by atoms with E-state index in [1.54, 1.807) is 32.9 Å². The molecule has 2 heterocycles. The van der Waals surface area contributed by atoms with Gasteiger partial charge in [-0.25, -0.2) is 9.18 Å². The zero-order valence-electron chi connectivity index (χ0n) is 16.7. The maximum Gasteiger partial charge on any atom is 0.495 e. The predicted molar refractivity (Wildman–Crippen MR) is 107 cm³/mol. The molecule has 1 aliphatic heterocycles. The van der Waals surface area contributed by atoms with Crippen molar-refractivity contribution in [1.82, 2.24) is 0 Å². The normalized spacial score (nSPS) is 18.7. The van der Waals surface area contributed by atoms with E-state index < -0.39 is 30.0 Å². The van der Waals surface area contributed by atoms with Crippen LogP contribution in [-0.4, -0.2) is 30.0 Å². The van der Waals surface area contributed by atoms with Crippen molar-refractivity contribution in [3.8, 4) is 0 Å². The number of nitrogens with one attached hydrogen (secondary N) is 1.